The first kappa shape index (κ1) is 15.8. The number of benzene rings is 2. The van der Waals surface area contributed by atoms with Crippen LogP contribution in [0.25, 0.3) is 11.6 Å². The minimum atomic E-state index is -0.523. The molecule has 0 radical (unpaired) electrons. The number of aryl methyl sites for hydroxylation is 1. The van der Waals surface area contributed by atoms with E-state index in [1.54, 1.807) is 30.3 Å². The van der Waals surface area contributed by atoms with Crippen LogP contribution >= 0.6 is 0 Å². The molecule has 3 N–H and O–H groups in total. The molecule has 0 aliphatic carbocycles. The van der Waals surface area contributed by atoms with Crippen molar-refractivity contribution in [1.29, 1.82) is 0 Å². The first-order valence-electron chi connectivity index (χ1n) is 8.09. The lowest BCUT2D eigenvalue weighted by Crippen LogP contribution is -2.48. The Morgan fingerprint density at radius 2 is 1.58 bits per heavy atom. The highest BCUT2D eigenvalue weighted by atomic mass is 16.2. The molecule has 1 aliphatic rings. The van der Waals surface area contributed by atoms with E-state index in [2.05, 4.69) is 15.3 Å². The zero-order chi connectivity index (χ0) is 18.3. The SMILES string of the molecule is Cc1ccc(/C=c2/[nH]c(=O)/c(=C3\C(=O)Nc4ccccc43)[nH]c2=O)cc1. The lowest BCUT2D eigenvalue weighted by molar-refractivity contribution is -0.110. The van der Waals surface area contributed by atoms with E-state index < -0.39 is 17.0 Å². The number of carbonyl (C=O) groups is 1. The predicted molar refractivity (Wildman–Crippen MR) is 99.3 cm³/mol. The highest BCUT2D eigenvalue weighted by Gasteiger charge is 2.25. The monoisotopic (exact) mass is 345 g/mol. The summed E-state index contributed by atoms with van der Waals surface area (Å²) in [6, 6.07) is 14.6. The van der Waals surface area contributed by atoms with Gasteiger partial charge in [-0.2, -0.15) is 0 Å². The molecular weight excluding hydrogens is 330 g/mol. The number of amides is 1. The summed E-state index contributed by atoms with van der Waals surface area (Å²) >= 11 is 0. The largest absolute Gasteiger partial charge is 0.321 e. The molecule has 6 heteroatoms. The summed E-state index contributed by atoms with van der Waals surface area (Å²) in [5.74, 6) is -0.414. The van der Waals surface area contributed by atoms with Gasteiger partial charge in [0.1, 0.15) is 10.7 Å². The average Bonchev–Trinajstić information content (AvgIpc) is 2.95. The summed E-state index contributed by atoms with van der Waals surface area (Å²) in [5, 5.41) is 2.78. The summed E-state index contributed by atoms with van der Waals surface area (Å²) in [7, 11) is 0. The van der Waals surface area contributed by atoms with Gasteiger partial charge < -0.3 is 15.3 Å². The predicted octanol–water partition coefficient (Wildman–Crippen LogP) is 0.352. The van der Waals surface area contributed by atoms with E-state index in [9.17, 15) is 14.4 Å². The van der Waals surface area contributed by atoms with Crippen molar-refractivity contribution in [2.75, 3.05) is 5.32 Å². The second-order valence-corrected chi connectivity index (χ2v) is 6.13. The van der Waals surface area contributed by atoms with Crippen LogP contribution in [0.1, 0.15) is 16.7 Å². The second-order valence-electron chi connectivity index (χ2n) is 6.13. The molecule has 2 heterocycles. The Morgan fingerprint density at radius 3 is 2.35 bits per heavy atom. The van der Waals surface area contributed by atoms with Crippen LogP contribution in [0.4, 0.5) is 5.69 Å². The molecule has 1 amide bonds. The number of nitrogens with one attached hydrogen (secondary N) is 3. The van der Waals surface area contributed by atoms with Gasteiger partial charge in [-0.05, 0) is 24.6 Å². The van der Waals surface area contributed by atoms with Gasteiger partial charge in [-0.25, -0.2) is 0 Å². The Hall–Kier alpha value is -3.67. The van der Waals surface area contributed by atoms with Gasteiger partial charge in [-0.1, -0.05) is 48.0 Å². The maximum Gasteiger partial charge on any atom is 0.273 e. The molecule has 0 unspecified atom stereocenters. The fourth-order valence-corrected chi connectivity index (χ4v) is 2.95. The molecule has 0 saturated heterocycles. The van der Waals surface area contributed by atoms with Crippen LogP contribution in [-0.2, 0) is 4.79 Å². The molecule has 128 valence electrons. The van der Waals surface area contributed by atoms with E-state index in [0.717, 1.165) is 11.1 Å². The summed E-state index contributed by atoms with van der Waals surface area (Å²) in [6.45, 7) is 1.97. The molecule has 26 heavy (non-hydrogen) atoms. The van der Waals surface area contributed by atoms with E-state index in [1.807, 2.05) is 31.2 Å². The molecule has 4 rings (SSSR count). The Bertz CT molecular complexity index is 1270. The van der Waals surface area contributed by atoms with Gasteiger partial charge in [-0.15, -0.1) is 0 Å². The van der Waals surface area contributed by atoms with Crippen LogP contribution in [0.15, 0.2) is 58.1 Å². The number of hydrogen-bond donors (Lipinski definition) is 3. The molecule has 0 atom stereocenters. The standard InChI is InChI=1S/C20H15N3O3/c1-11-6-8-12(9-7-11)10-15-18(24)23-17(20(26)22-15)16-13-4-2-3-5-14(13)21-19(16)25/h2-10H,1H3,(H,21,25)(H,22,26)(H,23,24)/b15-10+,17-16+. The zero-order valence-electron chi connectivity index (χ0n) is 13.9. The smallest absolute Gasteiger partial charge is 0.273 e. The molecule has 0 saturated carbocycles. The van der Waals surface area contributed by atoms with Gasteiger partial charge in [0.2, 0.25) is 0 Å². The Balaban J connectivity index is 1.96. The molecule has 0 fully saturated rings. The maximum atomic E-state index is 12.5. The van der Waals surface area contributed by atoms with Crippen LogP contribution < -0.4 is 27.1 Å². The Kier molecular flexibility index (Phi) is 3.65. The lowest BCUT2D eigenvalue weighted by atomic mass is 10.1. The minimum Gasteiger partial charge on any atom is -0.321 e. The first-order valence-corrected chi connectivity index (χ1v) is 8.09. The number of carbonyl (C=O) groups excluding carboxylic acids is 1. The zero-order valence-corrected chi connectivity index (χ0v) is 13.9. The maximum absolute atomic E-state index is 12.5. The number of para-hydroxylation sites is 1. The van der Waals surface area contributed by atoms with Crippen LogP contribution in [0, 0.1) is 6.92 Å². The van der Waals surface area contributed by atoms with Crippen molar-refractivity contribution < 1.29 is 4.79 Å². The van der Waals surface area contributed by atoms with Gasteiger partial charge in [-0.3, -0.25) is 14.4 Å². The van der Waals surface area contributed by atoms with Gasteiger partial charge in [0, 0.05) is 11.3 Å². The number of aromatic amines is 2. The minimum absolute atomic E-state index is 0.0430. The average molecular weight is 345 g/mol. The Labute approximate surface area is 147 Å². The number of anilines is 1. The molecule has 2 aromatic carbocycles. The van der Waals surface area contributed by atoms with Crippen LogP contribution in [0.5, 0.6) is 0 Å². The number of aromatic nitrogens is 2. The molecular formula is C20H15N3O3. The second kappa shape index (κ2) is 6.00. The van der Waals surface area contributed by atoms with Gasteiger partial charge in [0.25, 0.3) is 17.0 Å². The van der Waals surface area contributed by atoms with Crippen molar-refractivity contribution in [3.8, 4) is 0 Å². The number of H-pyrrole nitrogens is 2. The van der Waals surface area contributed by atoms with Crippen molar-refractivity contribution in [3.05, 3.63) is 96.6 Å². The normalized spacial score (nSPS) is 15.7. The van der Waals surface area contributed by atoms with Crippen molar-refractivity contribution in [3.63, 3.8) is 0 Å². The third-order valence-corrected chi connectivity index (χ3v) is 4.27. The van der Waals surface area contributed by atoms with E-state index in [-0.39, 0.29) is 16.3 Å². The van der Waals surface area contributed by atoms with Gasteiger partial charge >= 0.3 is 0 Å². The summed E-state index contributed by atoms with van der Waals surface area (Å²) in [5.41, 5.74) is 2.27. The quantitative estimate of drug-likeness (QED) is 0.594. The Morgan fingerprint density at radius 1 is 0.846 bits per heavy atom. The highest BCUT2D eigenvalue weighted by molar-refractivity contribution is 6.31. The van der Waals surface area contributed by atoms with Crippen LogP contribution in [0.3, 0.4) is 0 Å². The van der Waals surface area contributed by atoms with E-state index >= 15 is 0 Å². The third-order valence-electron chi connectivity index (χ3n) is 4.27. The fourth-order valence-electron chi connectivity index (χ4n) is 2.95. The van der Waals surface area contributed by atoms with Crippen LogP contribution in [-0.4, -0.2) is 15.9 Å². The summed E-state index contributed by atoms with van der Waals surface area (Å²) in [6.07, 6.45) is 1.59. The van der Waals surface area contributed by atoms with Gasteiger partial charge in [0.05, 0.1) is 5.57 Å². The molecule has 3 aromatic rings. The topological polar surface area (TPSA) is 94.8 Å². The summed E-state index contributed by atoms with van der Waals surface area (Å²) in [4.78, 5) is 42.4. The third kappa shape index (κ3) is 2.67. The summed E-state index contributed by atoms with van der Waals surface area (Å²) < 4.78 is 0. The highest BCUT2D eigenvalue weighted by Crippen LogP contribution is 2.28. The molecule has 0 bridgehead atoms. The van der Waals surface area contributed by atoms with Crippen molar-refractivity contribution in [2.45, 2.75) is 6.92 Å². The number of hydrogen-bond acceptors (Lipinski definition) is 3. The van der Waals surface area contributed by atoms with Crippen molar-refractivity contribution in [1.82, 2.24) is 9.97 Å². The van der Waals surface area contributed by atoms with Crippen molar-refractivity contribution >= 4 is 23.2 Å². The molecule has 0 spiro atoms. The first-order chi connectivity index (χ1) is 12.5. The van der Waals surface area contributed by atoms with E-state index in [0.29, 0.717) is 11.3 Å². The van der Waals surface area contributed by atoms with E-state index in [1.165, 1.54) is 0 Å². The number of rotatable bonds is 1. The molecule has 1 aliphatic heterocycles. The molecule has 1 aromatic heterocycles. The van der Waals surface area contributed by atoms with Crippen molar-refractivity contribution in [2.24, 2.45) is 0 Å². The van der Waals surface area contributed by atoms with Crippen LogP contribution in [0.2, 0.25) is 0 Å². The molecule has 6 nitrogen and oxygen atoms in total. The lowest BCUT2D eigenvalue weighted by Gasteiger charge is -1.98. The fraction of sp³-hybridized carbons (Fsp3) is 0.0500. The van der Waals surface area contributed by atoms with Gasteiger partial charge in [0.15, 0.2) is 0 Å². The van der Waals surface area contributed by atoms with E-state index in [4.69, 9.17) is 0 Å². The number of fused-ring (bicyclic) bond motifs is 1.